The fraction of sp³-hybridized carbons (Fsp3) is 0.316. The molecule has 1 amide bonds. The molecule has 0 saturated carbocycles. The van der Waals surface area contributed by atoms with E-state index in [2.05, 4.69) is 15.3 Å². The van der Waals surface area contributed by atoms with Crippen LogP contribution in [0.1, 0.15) is 24.6 Å². The minimum absolute atomic E-state index is 0.00233. The minimum Gasteiger partial charge on any atom is -0.444 e. The molecule has 1 aliphatic rings. The molecule has 0 aliphatic carbocycles. The highest BCUT2D eigenvalue weighted by Crippen LogP contribution is 2.33. The van der Waals surface area contributed by atoms with Crippen molar-refractivity contribution >= 4 is 34.5 Å². The number of fused-ring (bicyclic) bond motifs is 1. The Kier molecular flexibility index (Phi) is 5.43. The van der Waals surface area contributed by atoms with Crippen molar-refractivity contribution in [3.05, 3.63) is 53.4 Å². The zero-order valence-corrected chi connectivity index (χ0v) is 15.7. The molecule has 8 nitrogen and oxygen atoms in total. The van der Waals surface area contributed by atoms with E-state index < -0.39 is 6.09 Å². The molecule has 0 spiro atoms. The van der Waals surface area contributed by atoms with E-state index in [0.29, 0.717) is 11.0 Å². The lowest BCUT2D eigenvalue weighted by Crippen LogP contribution is -2.16. The van der Waals surface area contributed by atoms with Gasteiger partial charge < -0.3 is 19.1 Å². The molecule has 3 aromatic rings. The Morgan fingerprint density at radius 1 is 1.29 bits per heavy atom. The van der Waals surface area contributed by atoms with Gasteiger partial charge in [-0.15, -0.1) is 0 Å². The van der Waals surface area contributed by atoms with Crippen molar-refractivity contribution in [3.8, 4) is 0 Å². The number of nitrogens with one attached hydrogen (secondary N) is 1. The smallest absolute Gasteiger partial charge is 0.413 e. The second-order valence-electron chi connectivity index (χ2n) is 6.46. The van der Waals surface area contributed by atoms with E-state index in [0.717, 1.165) is 18.4 Å². The molecule has 3 heterocycles. The van der Waals surface area contributed by atoms with E-state index in [-0.39, 0.29) is 36.6 Å². The van der Waals surface area contributed by atoms with Crippen molar-refractivity contribution in [1.82, 2.24) is 14.5 Å². The number of hydrogen-bond acceptors (Lipinski definition) is 6. The standard InChI is InChI=1S/C19H19ClN4O4/c20-18-21-16(22-19(26)27-11-12-4-2-1-3-5-12)14-8-9-24(17(14)23-18)15-7-6-13(10-25)28-15/h1-5,8-9,13,15,25H,6-7,10-11H2,(H,21,22,23,26). The number of benzene rings is 1. The number of aromatic nitrogens is 3. The number of hydrogen-bond donors (Lipinski definition) is 2. The largest absolute Gasteiger partial charge is 0.444 e. The summed E-state index contributed by atoms with van der Waals surface area (Å²) in [6, 6.07) is 11.2. The van der Waals surface area contributed by atoms with Crippen LogP contribution in [0, 0.1) is 0 Å². The summed E-state index contributed by atoms with van der Waals surface area (Å²) in [5.41, 5.74) is 1.42. The van der Waals surface area contributed by atoms with Crippen LogP contribution in [0.25, 0.3) is 11.0 Å². The summed E-state index contributed by atoms with van der Waals surface area (Å²) in [6.45, 7) is 0.125. The molecule has 2 aromatic heterocycles. The second-order valence-corrected chi connectivity index (χ2v) is 6.80. The number of carbonyl (C=O) groups is 1. The number of ether oxygens (including phenoxy) is 2. The van der Waals surface area contributed by atoms with E-state index in [1.54, 1.807) is 12.3 Å². The number of aliphatic hydroxyl groups is 1. The van der Waals surface area contributed by atoms with Crippen LogP contribution >= 0.6 is 11.6 Å². The fourth-order valence-electron chi connectivity index (χ4n) is 3.22. The number of anilines is 1. The lowest BCUT2D eigenvalue weighted by Gasteiger charge is -2.15. The van der Waals surface area contributed by atoms with Crippen molar-refractivity contribution in [2.45, 2.75) is 31.8 Å². The maximum atomic E-state index is 12.2. The predicted octanol–water partition coefficient (Wildman–Crippen LogP) is 3.50. The summed E-state index contributed by atoms with van der Waals surface area (Å²) in [7, 11) is 0. The molecule has 2 unspecified atom stereocenters. The predicted molar refractivity (Wildman–Crippen MR) is 103 cm³/mol. The van der Waals surface area contributed by atoms with Crippen LogP contribution in [-0.2, 0) is 16.1 Å². The molecule has 0 bridgehead atoms. The highest BCUT2D eigenvalue weighted by molar-refractivity contribution is 6.28. The molecule has 9 heteroatoms. The third-order valence-corrected chi connectivity index (χ3v) is 4.75. The molecule has 4 rings (SSSR count). The molecule has 0 radical (unpaired) electrons. The molecular weight excluding hydrogens is 384 g/mol. The number of amides is 1. The summed E-state index contributed by atoms with van der Waals surface area (Å²) in [6.07, 6.45) is 2.24. The molecule has 2 atom stereocenters. The van der Waals surface area contributed by atoms with Gasteiger partial charge in [-0.2, -0.15) is 9.97 Å². The summed E-state index contributed by atoms with van der Waals surface area (Å²) in [4.78, 5) is 20.6. The van der Waals surface area contributed by atoms with Crippen molar-refractivity contribution < 1.29 is 19.4 Å². The quantitative estimate of drug-likeness (QED) is 0.634. The van der Waals surface area contributed by atoms with Crippen LogP contribution in [0.15, 0.2) is 42.6 Å². The third kappa shape index (κ3) is 3.94. The van der Waals surface area contributed by atoms with Crippen LogP contribution in [0.4, 0.5) is 10.6 Å². The normalized spacial score (nSPS) is 19.1. The highest BCUT2D eigenvalue weighted by atomic mass is 35.5. The first-order chi connectivity index (χ1) is 13.6. The topological polar surface area (TPSA) is 98.5 Å². The van der Waals surface area contributed by atoms with Crippen molar-refractivity contribution in [2.24, 2.45) is 0 Å². The number of rotatable bonds is 5. The first kappa shape index (κ1) is 18.7. The Morgan fingerprint density at radius 3 is 2.86 bits per heavy atom. The Labute approximate surface area is 166 Å². The summed E-state index contributed by atoms with van der Waals surface area (Å²) in [5.74, 6) is 0.267. The number of halogens is 1. The Hall–Kier alpha value is -2.68. The van der Waals surface area contributed by atoms with Gasteiger partial charge in [-0.25, -0.2) is 4.79 Å². The molecule has 146 valence electrons. The third-order valence-electron chi connectivity index (χ3n) is 4.58. The SMILES string of the molecule is O=C(Nc1nc(Cl)nc2c1ccn2C1CCC(CO)O1)OCc1ccccc1. The van der Waals surface area contributed by atoms with E-state index in [1.165, 1.54) is 0 Å². The van der Waals surface area contributed by atoms with Gasteiger partial charge in [0.2, 0.25) is 5.28 Å². The monoisotopic (exact) mass is 402 g/mol. The molecule has 28 heavy (non-hydrogen) atoms. The van der Waals surface area contributed by atoms with Gasteiger partial charge in [0.05, 0.1) is 18.1 Å². The van der Waals surface area contributed by atoms with Gasteiger partial charge in [0, 0.05) is 6.20 Å². The summed E-state index contributed by atoms with van der Waals surface area (Å²) >= 11 is 6.06. The first-order valence-electron chi connectivity index (χ1n) is 8.92. The number of aliphatic hydroxyl groups excluding tert-OH is 1. The van der Waals surface area contributed by atoms with Crippen molar-refractivity contribution in [2.75, 3.05) is 11.9 Å². The van der Waals surface area contributed by atoms with Gasteiger partial charge in [0.1, 0.15) is 24.3 Å². The van der Waals surface area contributed by atoms with Gasteiger partial charge in [-0.05, 0) is 36.1 Å². The van der Waals surface area contributed by atoms with E-state index in [1.807, 2.05) is 34.9 Å². The van der Waals surface area contributed by atoms with Crippen LogP contribution in [0.3, 0.4) is 0 Å². The van der Waals surface area contributed by atoms with Gasteiger partial charge >= 0.3 is 6.09 Å². The highest BCUT2D eigenvalue weighted by Gasteiger charge is 2.27. The van der Waals surface area contributed by atoms with Gasteiger partial charge in [-0.3, -0.25) is 5.32 Å². The molecule has 1 fully saturated rings. The van der Waals surface area contributed by atoms with E-state index >= 15 is 0 Å². The van der Waals surface area contributed by atoms with Gasteiger partial charge in [0.15, 0.2) is 0 Å². The van der Waals surface area contributed by atoms with E-state index in [4.69, 9.17) is 21.1 Å². The Balaban J connectivity index is 1.52. The average molecular weight is 403 g/mol. The molecule has 1 saturated heterocycles. The second kappa shape index (κ2) is 8.14. The van der Waals surface area contributed by atoms with Crippen LogP contribution in [0.2, 0.25) is 5.28 Å². The van der Waals surface area contributed by atoms with Gasteiger partial charge in [0.25, 0.3) is 0 Å². The average Bonchev–Trinajstić information content (AvgIpc) is 3.33. The maximum Gasteiger partial charge on any atom is 0.413 e. The lowest BCUT2D eigenvalue weighted by molar-refractivity contribution is -0.0204. The number of nitrogens with zero attached hydrogens (tertiary/aromatic N) is 3. The first-order valence-corrected chi connectivity index (χ1v) is 9.30. The minimum atomic E-state index is -0.634. The fourth-order valence-corrected chi connectivity index (χ4v) is 3.38. The van der Waals surface area contributed by atoms with Gasteiger partial charge in [-0.1, -0.05) is 30.3 Å². The molecule has 2 N–H and O–H groups in total. The zero-order valence-electron chi connectivity index (χ0n) is 14.9. The number of carbonyl (C=O) groups excluding carboxylic acids is 1. The zero-order chi connectivity index (χ0) is 19.5. The molecule has 1 aromatic carbocycles. The Bertz CT molecular complexity index is 979. The van der Waals surface area contributed by atoms with Crippen LogP contribution in [0.5, 0.6) is 0 Å². The Morgan fingerprint density at radius 2 is 2.11 bits per heavy atom. The summed E-state index contributed by atoms with van der Waals surface area (Å²) in [5, 5.41) is 12.5. The lowest BCUT2D eigenvalue weighted by atomic mass is 10.2. The van der Waals surface area contributed by atoms with Crippen LogP contribution in [-0.4, -0.2) is 38.4 Å². The molecule has 1 aliphatic heterocycles. The van der Waals surface area contributed by atoms with Crippen LogP contribution < -0.4 is 5.32 Å². The van der Waals surface area contributed by atoms with E-state index in [9.17, 15) is 9.90 Å². The van der Waals surface area contributed by atoms with Crippen molar-refractivity contribution in [1.29, 1.82) is 0 Å². The van der Waals surface area contributed by atoms with Crippen molar-refractivity contribution in [3.63, 3.8) is 0 Å². The molecular formula is C19H19ClN4O4. The summed E-state index contributed by atoms with van der Waals surface area (Å²) < 4.78 is 12.9. The maximum absolute atomic E-state index is 12.2.